The number of nitrogens with zero attached hydrogens (tertiary/aromatic N) is 2. The number of hydrogen-bond donors (Lipinski definition) is 1. The van der Waals surface area contributed by atoms with Gasteiger partial charge in [-0.1, -0.05) is 32.9 Å². The normalized spacial score (nSPS) is 22.1. The highest BCUT2D eigenvalue weighted by Gasteiger charge is 2.32. The zero-order valence-corrected chi connectivity index (χ0v) is 24.9. The molecule has 1 N–H and O–H groups in total. The molecule has 1 aliphatic carbocycles. The van der Waals surface area contributed by atoms with Gasteiger partial charge >= 0.3 is 0 Å². The van der Waals surface area contributed by atoms with Gasteiger partial charge in [0.15, 0.2) is 0 Å². The van der Waals surface area contributed by atoms with Crippen molar-refractivity contribution in [2.24, 2.45) is 17.8 Å². The second-order valence-corrected chi connectivity index (χ2v) is 15.4. The molecule has 1 aliphatic heterocycles. The number of aromatic nitrogens is 1. The molecule has 0 unspecified atom stereocenters. The summed E-state index contributed by atoms with van der Waals surface area (Å²) in [5.74, 6) is 1.03. The number of anilines is 1. The quantitative estimate of drug-likeness (QED) is 0.274. The summed E-state index contributed by atoms with van der Waals surface area (Å²) in [6, 6.07) is 14.5. The average Bonchev–Trinajstić information content (AvgIpc) is 3.48. The number of carbonyl (C=O) groups excluding carboxylic acids is 1. The summed E-state index contributed by atoms with van der Waals surface area (Å²) in [6.07, 6.45) is 4.15. The molecule has 2 aromatic carbocycles. The molecule has 2 aromatic heterocycles. The Kier molecular flexibility index (Phi) is 7.12. The summed E-state index contributed by atoms with van der Waals surface area (Å²) in [5, 5.41) is 4.92. The van der Waals surface area contributed by atoms with Crippen LogP contribution in [0, 0.1) is 17.8 Å². The van der Waals surface area contributed by atoms with Gasteiger partial charge in [0.1, 0.15) is 10.0 Å². The molecule has 1 fully saturated rings. The highest BCUT2D eigenvalue weighted by atomic mass is 32.2. The molecule has 3 atom stereocenters. The Balaban J connectivity index is 1.28. The van der Waals surface area contributed by atoms with Crippen LogP contribution in [0.5, 0.6) is 0 Å². The number of amides is 1. The van der Waals surface area contributed by atoms with Crippen LogP contribution in [0.2, 0.25) is 0 Å². The van der Waals surface area contributed by atoms with Gasteiger partial charge in [-0.25, -0.2) is 13.4 Å². The summed E-state index contributed by atoms with van der Waals surface area (Å²) in [6.45, 7) is 7.53. The molecule has 1 amide bonds. The third-order valence-electron chi connectivity index (χ3n) is 7.84. The first-order chi connectivity index (χ1) is 18.7. The van der Waals surface area contributed by atoms with E-state index in [1.54, 1.807) is 51.2 Å². The Morgan fingerprint density at radius 1 is 0.974 bits per heavy atom. The Bertz CT molecular complexity index is 1600. The largest absolute Gasteiger partial charge is 0.313 e. The van der Waals surface area contributed by atoms with Crippen molar-refractivity contribution in [3.63, 3.8) is 0 Å². The molecule has 0 radical (unpaired) electrons. The van der Waals surface area contributed by atoms with Crippen LogP contribution >= 0.6 is 22.7 Å². The van der Waals surface area contributed by atoms with Crippen molar-refractivity contribution in [2.75, 3.05) is 18.4 Å². The molecule has 0 spiro atoms. The van der Waals surface area contributed by atoms with Gasteiger partial charge in [0, 0.05) is 29.1 Å². The molecule has 0 saturated carbocycles. The number of piperidine rings is 1. The van der Waals surface area contributed by atoms with Crippen molar-refractivity contribution in [3.8, 4) is 10.6 Å². The standard InChI is InChI=1S/C30H33N3O3S3/c1-18-8-13-23-26(15-18)38-30(27(23)29-31-24-6-4-5-7-25(24)37-29)32-28(34)21-9-11-22(12-10-21)39(35,36)33-16-19(2)14-20(3)17-33/h4-7,9-12,18-20H,8,13-17H2,1-3H3,(H,32,34)/t18-,19-,20+/m1/s1. The van der Waals surface area contributed by atoms with Crippen LogP contribution < -0.4 is 5.32 Å². The van der Waals surface area contributed by atoms with Crippen molar-refractivity contribution in [1.82, 2.24) is 9.29 Å². The lowest BCUT2D eigenvalue weighted by atomic mass is 9.88. The van der Waals surface area contributed by atoms with Crippen molar-refractivity contribution in [2.45, 2.75) is 51.3 Å². The smallest absolute Gasteiger partial charge is 0.256 e. The van der Waals surface area contributed by atoms with E-state index in [1.807, 2.05) is 18.2 Å². The monoisotopic (exact) mass is 579 g/mol. The number of carbonyl (C=O) groups is 1. The number of thiophene rings is 1. The van der Waals surface area contributed by atoms with E-state index in [1.165, 1.54) is 10.4 Å². The van der Waals surface area contributed by atoms with Gasteiger partial charge in [0.05, 0.1) is 15.1 Å². The predicted molar refractivity (Wildman–Crippen MR) is 160 cm³/mol. The highest BCUT2D eigenvalue weighted by Crippen LogP contribution is 2.47. The third kappa shape index (κ3) is 5.17. The van der Waals surface area contributed by atoms with Gasteiger partial charge in [-0.2, -0.15) is 4.31 Å². The molecule has 6 nitrogen and oxygen atoms in total. The number of rotatable bonds is 5. The second-order valence-electron chi connectivity index (χ2n) is 11.3. The number of nitrogens with one attached hydrogen (secondary N) is 1. The van der Waals surface area contributed by atoms with Gasteiger partial charge in [-0.05, 0) is 85.4 Å². The van der Waals surface area contributed by atoms with E-state index in [0.29, 0.717) is 36.4 Å². The summed E-state index contributed by atoms with van der Waals surface area (Å²) in [7, 11) is -3.60. The Hall–Kier alpha value is -2.59. The van der Waals surface area contributed by atoms with Crippen molar-refractivity contribution < 1.29 is 13.2 Å². The number of thiazole rings is 1. The molecule has 39 heavy (non-hydrogen) atoms. The molecule has 0 bridgehead atoms. The van der Waals surface area contributed by atoms with E-state index in [0.717, 1.165) is 51.5 Å². The van der Waals surface area contributed by atoms with Crippen molar-refractivity contribution in [3.05, 3.63) is 64.5 Å². The summed E-state index contributed by atoms with van der Waals surface area (Å²) in [4.78, 5) is 19.9. The Morgan fingerprint density at radius 3 is 2.41 bits per heavy atom. The van der Waals surface area contributed by atoms with Crippen LogP contribution in [0.15, 0.2) is 53.4 Å². The predicted octanol–water partition coefficient (Wildman–Crippen LogP) is 7.07. The van der Waals surface area contributed by atoms with E-state index in [9.17, 15) is 13.2 Å². The fourth-order valence-electron chi connectivity index (χ4n) is 5.95. The maximum Gasteiger partial charge on any atom is 0.256 e. The average molecular weight is 580 g/mol. The van der Waals surface area contributed by atoms with E-state index < -0.39 is 10.0 Å². The van der Waals surface area contributed by atoms with Crippen LogP contribution in [0.25, 0.3) is 20.8 Å². The zero-order valence-electron chi connectivity index (χ0n) is 22.4. The first-order valence-corrected chi connectivity index (χ1v) is 16.7. The minimum Gasteiger partial charge on any atom is -0.313 e. The lowest BCUT2D eigenvalue weighted by molar-refractivity contribution is 0.102. The SMILES string of the molecule is C[C@@H]1CCc2c(sc(NC(=O)c3ccc(S(=O)(=O)N4C[C@H](C)C[C@H](C)C4)cc3)c2-c2nc3ccccc3s2)C1. The lowest BCUT2D eigenvalue weighted by Gasteiger charge is -2.34. The second kappa shape index (κ2) is 10.4. The molecule has 1 saturated heterocycles. The molecule has 9 heteroatoms. The number of para-hydroxylation sites is 1. The van der Waals surface area contributed by atoms with Crippen LogP contribution in [0.4, 0.5) is 5.00 Å². The van der Waals surface area contributed by atoms with Crippen LogP contribution in [0.3, 0.4) is 0 Å². The number of sulfonamides is 1. The van der Waals surface area contributed by atoms with Gasteiger partial charge in [0.2, 0.25) is 10.0 Å². The minimum absolute atomic E-state index is 0.232. The Labute approximate surface area is 238 Å². The fourth-order valence-corrected chi connectivity index (χ4v) is 10.1. The van der Waals surface area contributed by atoms with Gasteiger partial charge in [-0.15, -0.1) is 22.7 Å². The highest BCUT2D eigenvalue weighted by molar-refractivity contribution is 7.89. The number of hydrogen-bond acceptors (Lipinski definition) is 6. The van der Waals surface area contributed by atoms with Crippen LogP contribution in [0.1, 0.15) is 54.4 Å². The van der Waals surface area contributed by atoms with E-state index >= 15 is 0 Å². The van der Waals surface area contributed by atoms with E-state index in [-0.39, 0.29) is 10.8 Å². The fraction of sp³-hybridized carbons (Fsp3) is 0.400. The van der Waals surface area contributed by atoms with Crippen molar-refractivity contribution in [1.29, 1.82) is 0 Å². The van der Waals surface area contributed by atoms with Crippen LogP contribution in [-0.4, -0.2) is 36.7 Å². The third-order valence-corrected chi connectivity index (χ3v) is 11.9. The maximum absolute atomic E-state index is 13.4. The van der Waals surface area contributed by atoms with Gasteiger partial charge in [0.25, 0.3) is 5.91 Å². The molecule has 4 aromatic rings. The summed E-state index contributed by atoms with van der Waals surface area (Å²) in [5.41, 5.74) is 3.75. The van der Waals surface area contributed by atoms with Gasteiger partial charge < -0.3 is 5.32 Å². The summed E-state index contributed by atoms with van der Waals surface area (Å²) >= 11 is 3.31. The topological polar surface area (TPSA) is 79.4 Å². The maximum atomic E-state index is 13.4. The number of fused-ring (bicyclic) bond motifs is 2. The Morgan fingerprint density at radius 2 is 1.69 bits per heavy atom. The molecular formula is C30H33N3O3S3. The molecule has 204 valence electrons. The first kappa shape index (κ1) is 26.6. The minimum atomic E-state index is -3.60. The zero-order chi connectivity index (χ0) is 27.3. The molecule has 6 rings (SSSR count). The lowest BCUT2D eigenvalue weighted by Crippen LogP contribution is -2.42. The molecular weight excluding hydrogens is 547 g/mol. The van der Waals surface area contributed by atoms with E-state index in [2.05, 4.69) is 32.2 Å². The first-order valence-electron chi connectivity index (χ1n) is 13.6. The van der Waals surface area contributed by atoms with Crippen LogP contribution in [-0.2, 0) is 22.9 Å². The molecule has 3 heterocycles. The van der Waals surface area contributed by atoms with E-state index in [4.69, 9.17) is 4.98 Å². The van der Waals surface area contributed by atoms with Crippen molar-refractivity contribution >= 4 is 53.8 Å². The summed E-state index contributed by atoms with van der Waals surface area (Å²) < 4.78 is 29.3. The number of benzene rings is 2. The molecule has 2 aliphatic rings. The van der Waals surface area contributed by atoms with Gasteiger partial charge in [-0.3, -0.25) is 4.79 Å².